The SMILES string of the molecule is O=C(Nc1ccc(C(F)(F)F)cc1)Nc1ccc(O)c(Cl)c1. The molecule has 2 aromatic carbocycles. The minimum Gasteiger partial charge on any atom is -0.506 e. The van der Waals surface area contributed by atoms with Gasteiger partial charge < -0.3 is 15.7 Å². The lowest BCUT2D eigenvalue weighted by Crippen LogP contribution is -2.19. The van der Waals surface area contributed by atoms with E-state index in [2.05, 4.69) is 10.6 Å². The molecule has 0 fully saturated rings. The number of phenolic OH excluding ortho intramolecular Hbond substituents is 1. The second-order valence-corrected chi connectivity index (χ2v) is 4.73. The van der Waals surface area contributed by atoms with E-state index in [4.69, 9.17) is 11.6 Å². The van der Waals surface area contributed by atoms with Crippen LogP contribution in [0.4, 0.5) is 29.3 Å². The summed E-state index contributed by atoms with van der Waals surface area (Å²) in [6, 6.07) is 7.44. The minimum atomic E-state index is -4.43. The Morgan fingerprint density at radius 3 is 2.09 bits per heavy atom. The molecule has 0 unspecified atom stereocenters. The summed E-state index contributed by atoms with van der Waals surface area (Å²) in [5, 5.41) is 14.1. The van der Waals surface area contributed by atoms with Crippen molar-refractivity contribution < 1.29 is 23.1 Å². The van der Waals surface area contributed by atoms with Crippen molar-refractivity contribution in [3.63, 3.8) is 0 Å². The third-order valence-electron chi connectivity index (χ3n) is 2.68. The molecule has 116 valence electrons. The fraction of sp³-hybridized carbons (Fsp3) is 0.0714. The van der Waals surface area contributed by atoms with Crippen LogP contribution in [0.2, 0.25) is 5.02 Å². The van der Waals surface area contributed by atoms with E-state index in [1.165, 1.54) is 18.2 Å². The number of carbonyl (C=O) groups excluding carboxylic acids is 1. The number of halogens is 4. The summed E-state index contributed by atoms with van der Waals surface area (Å²) < 4.78 is 37.2. The molecule has 0 radical (unpaired) electrons. The highest BCUT2D eigenvalue weighted by atomic mass is 35.5. The zero-order valence-corrected chi connectivity index (χ0v) is 11.7. The maximum atomic E-state index is 12.4. The van der Waals surface area contributed by atoms with Crippen LogP contribution in [0.5, 0.6) is 5.75 Å². The Kier molecular flexibility index (Phi) is 4.46. The number of alkyl halides is 3. The van der Waals surface area contributed by atoms with Gasteiger partial charge in [0.2, 0.25) is 0 Å². The number of hydrogen-bond donors (Lipinski definition) is 3. The van der Waals surface area contributed by atoms with Gasteiger partial charge in [0.1, 0.15) is 5.75 Å². The van der Waals surface area contributed by atoms with Crippen LogP contribution in [0.3, 0.4) is 0 Å². The average Bonchev–Trinajstić information content (AvgIpc) is 2.42. The van der Waals surface area contributed by atoms with Gasteiger partial charge in [-0.3, -0.25) is 0 Å². The molecule has 8 heteroatoms. The lowest BCUT2D eigenvalue weighted by molar-refractivity contribution is -0.137. The number of nitrogens with one attached hydrogen (secondary N) is 2. The van der Waals surface area contributed by atoms with Gasteiger partial charge in [-0.05, 0) is 42.5 Å². The molecule has 0 bridgehead atoms. The number of urea groups is 1. The molecule has 3 N–H and O–H groups in total. The van der Waals surface area contributed by atoms with E-state index in [9.17, 15) is 23.1 Å². The summed E-state index contributed by atoms with van der Waals surface area (Å²) in [6.45, 7) is 0. The first kappa shape index (κ1) is 16.0. The Labute approximate surface area is 128 Å². The predicted molar refractivity (Wildman–Crippen MR) is 77.2 cm³/mol. The number of rotatable bonds is 2. The Bertz CT molecular complexity index is 687. The lowest BCUT2D eigenvalue weighted by atomic mass is 10.2. The van der Waals surface area contributed by atoms with E-state index in [1.807, 2.05) is 0 Å². The first-order valence-corrected chi connectivity index (χ1v) is 6.37. The van der Waals surface area contributed by atoms with Crippen molar-refractivity contribution in [3.8, 4) is 5.75 Å². The summed E-state index contributed by atoms with van der Waals surface area (Å²) in [5.41, 5.74) is -0.272. The highest BCUT2D eigenvalue weighted by Gasteiger charge is 2.29. The quantitative estimate of drug-likeness (QED) is 0.698. The van der Waals surface area contributed by atoms with E-state index in [0.29, 0.717) is 5.69 Å². The Morgan fingerprint density at radius 2 is 1.55 bits per heavy atom. The monoisotopic (exact) mass is 330 g/mol. The normalized spacial score (nSPS) is 11.1. The van der Waals surface area contributed by atoms with E-state index >= 15 is 0 Å². The molecule has 0 aliphatic rings. The standard InChI is InChI=1S/C14H10ClF3N2O2/c15-11-7-10(5-6-12(11)21)20-13(22)19-9-3-1-8(2-4-9)14(16,17)18/h1-7,21H,(H2,19,20,22). The van der Waals surface area contributed by atoms with Gasteiger partial charge in [-0.1, -0.05) is 11.6 Å². The maximum Gasteiger partial charge on any atom is 0.416 e. The van der Waals surface area contributed by atoms with Crippen molar-refractivity contribution in [1.29, 1.82) is 0 Å². The molecule has 2 amide bonds. The molecular weight excluding hydrogens is 321 g/mol. The maximum absolute atomic E-state index is 12.4. The van der Waals surface area contributed by atoms with E-state index in [0.717, 1.165) is 24.3 Å². The molecule has 4 nitrogen and oxygen atoms in total. The van der Waals surface area contributed by atoms with Crippen LogP contribution in [-0.2, 0) is 6.18 Å². The minimum absolute atomic E-state index is 0.0623. The summed E-state index contributed by atoms with van der Waals surface area (Å²) in [4.78, 5) is 11.7. The molecule has 0 aliphatic heterocycles. The van der Waals surface area contributed by atoms with Gasteiger partial charge in [0.15, 0.2) is 0 Å². The zero-order valence-electron chi connectivity index (χ0n) is 10.9. The second-order valence-electron chi connectivity index (χ2n) is 4.32. The number of amides is 2. The fourth-order valence-electron chi connectivity index (χ4n) is 1.62. The van der Waals surface area contributed by atoms with Crippen LogP contribution >= 0.6 is 11.6 Å². The molecule has 2 rings (SSSR count). The van der Waals surface area contributed by atoms with Crippen molar-refractivity contribution in [1.82, 2.24) is 0 Å². The van der Waals surface area contributed by atoms with Crippen molar-refractivity contribution in [3.05, 3.63) is 53.1 Å². The number of aromatic hydroxyl groups is 1. The van der Waals surface area contributed by atoms with Crippen LogP contribution < -0.4 is 10.6 Å². The highest BCUT2D eigenvalue weighted by molar-refractivity contribution is 6.32. The Morgan fingerprint density at radius 1 is 1.00 bits per heavy atom. The molecule has 0 aromatic heterocycles. The van der Waals surface area contributed by atoms with Gasteiger partial charge in [0.25, 0.3) is 0 Å². The van der Waals surface area contributed by atoms with E-state index < -0.39 is 17.8 Å². The summed E-state index contributed by atoms with van der Waals surface area (Å²) in [7, 11) is 0. The molecule has 0 aliphatic carbocycles. The number of phenols is 1. The lowest BCUT2D eigenvalue weighted by Gasteiger charge is -2.10. The average molecular weight is 331 g/mol. The van der Waals surface area contributed by atoms with Gasteiger partial charge in [-0.15, -0.1) is 0 Å². The molecule has 0 heterocycles. The van der Waals surface area contributed by atoms with Crippen molar-refractivity contribution in [2.24, 2.45) is 0 Å². The van der Waals surface area contributed by atoms with Gasteiger partial charge >= 0.3 is 12.2 Å². The Hall–Kier alpha value is -2.41. The molecule has 0 spiro atoms. The number of hydrogen-bond acceptors (Lipinski definition) is 2. The molecular formula is C14H10ClF3N2O2. The number of carbonyl (C=O) groups is 1. The predicted octanol–water partition coefficient (Wildman–Crippen LogP) is 4.71. The third-order valence-corrected chi connectivity index (χ3v) is 2.98. The van der Waals surface area contributed by atoms with Crippen molar-refractivity contribution in [2.45, 2.75) is 6.18 Å². The van der Waals surface area contributed by atoms with Crippen LogP contribution in [0.1, 0.15) is 5.56 Å². The zero-order chi connectivity index (χ0) is 16.3. The first-order valence-electron chi connectivity index (χ1n) is 5.99. The summed E-state index contributed by atoms with van der Waals surface area (Å²) in [5.74, 6) is -0.129. The van der Waals surface area contributed by atoms with Gasteiger partial charge in [-0.25, -0.2) is 4.79 Å². The van der Waals surface area contributed by atoms with Crippen molar-refractivity contribution >= 4 is 29.0 Å². The molecule has 0 saturated heterocycles. The van der Waals surface area contributed by atoms with Crippen LogP contribution in [-0.4, -0.2) is 11.1 Å². The van der Waals surface area contributed by atoms with Crippen LogP contribution in [0.25, 0.3) is 0 Å². The van der Waals surface area contributed by atoms with E-state index in [1.54, 1.807) is 0 Å². The molecule has 0 atom stereocenters. The van der Waals surface area contributed by atoms with E-state index in [-0.39, 0.29) is 16.5 Å². The van der Waals surface area contributed by atoms with Gasteiger partial charge in [-0.2, -0.15) is 13.2 Å². The smallest absolute Gasteiger partial charge is 0.416 e. The molecule has 2 aromatic rings. The molecule has 22 heavy (non-hydrogen) atoms. The third kappa shape index (κ3) is 4.05. The van der Waals surface area contributed by atoms with Crippen molar-refractivity contribution in [2.75, 3.05) is 10.6 Å². The largest absolute Gasteiger partial charge is 0.506 e. The van der Waals surface area contributed by atoms with Gasteiger partial charge in [0, 0.05) is 11.4 Å². The fourth-order valence-corrected chi connectivity index (χ4v) is 1.80. The Balaban J connectivity index is 2.01. The number of anilines is 2. The topological polar surface area (TPSA) is 61.4 Å². The van der Waals surface area contributed by atoms with Crippen LogP contribution in [0, 0.1) is 0 Å². The van der Waals surface area contributed by atoms with Gasteiger partial charge in [0.05, 0.1) is 10.6 Å². The number of benzene rings is 2. The van der Waals surface area contributed by atoms with Crippen LogP contribution in [0.15, 0.2) is 42.5 Å². The molecule has 0 saturated carbocycles. The summed E-state index contributed by atoms with van der Waals surface area (Å²) in [6.07, 6.45) is -4.43. The first-order chi connectivity index (χ1) is 10.3. The summed E-state index contributed by atoms with van der Waals surface area (Å²) >= 11 is 5.69. The highest BCUT2D eigenvalue weighted by Crippen LogP contribution is 2.30. The second kappa shape index (κ2) is 6.15.